The fourth-order valence-electron chi connectivity index (χ4n) is 5.96. The summed E-state index contributed by atoms with van der Waals surface area (Å²) in [6, 6.07) is 16.5. The highest BCUT2D eigenvalue weighted by Crippen LogP contribution is 2.29. The third kappa shape index (κ3) is 12.3. The summed E-state index contributed by atoms with van der Waals surface area (Å²) in [5, 5.41) is 9.06. The molecule has 0 aromatic heterocycles. The smallest absolute Gasteiger partial charge is 0.314 e. The Hall–Kier alpha value is -2.60. The van der Waals surface area contributed by atoms with E-state index in [9.17, 15) is 4.79 Å². The van der Waals surface area contributed by atoms with Gasteiger partial charge in [0.05, 0.1) is 17.6 Å². The van der Waals surface area contributed by atoms with E-state index in [1.54, 1.807) is 0 Å². The largest absolute Gasteiger partial charge is 0.426 e. The summed E-state index contributed by atoms with van der Waals surface area (Å²) in [6.45, 7) is 2.28. The number of ether oxygens (including phenoxy) is 1. The van der Waals surface area contributed by atoms with Crippen LogP contribution in [-0.4, -0.2) is 5.97 Å². The van der Waals surface area contributed by atoms with Gasteiger partial charge in [0.2, 0.25) is 0 Å². The third-order valence-electron chi connectivity index (χ3n) is 8.62. The highest BCUT2D eigenvalue weighted by atomic mass is 16.5. The molecule has 40 heavy (non-hydrogen) atoms. The minimum atomic E-state index is -0.0440. The molecule has 0 amide bonds. The fourth-order valence-corrected chi connectivity index (χ4v) is 5.96. The van der Waals surface area contributed by atoms with Gasteiger partial charge in [0, 0.05) is 0 Å². The van der Waals surface area contributed by atoms with Crippen LogP contribution in [0.1, 0.15) is 145 Å². The van der Waals surface area contributed by atoms with E-state index in [0.29, 0.717) is 5.56 Å². The van der Waals surface area contributed by atoms with Crippen LogP contribution in [0.5, 0.6) is 5.75 Å². The minimum absolute atomic E-state index is 0.0440. The van der Waals surface area contributed by atoms with Gasteiger partial charge in [0.1, 0.15) is 5.75 Å². The Balaban J connectivity index is 1.44. The summed E-state index contributed by atoms with van der Waals surface area (Å²) in [6.07, 6.45) is 25.9. The van der Waals surface area contributed by atoms with Crippen LogP contribution in [0.25, 0.3) is 0 Å². The van der Waals surface area contributed by atoms with Crippen molar-refractivity contribution < 1.29 is 9.53 Å². The van der Waals surface area contributed by atoms with Gasteiger partial charge in [0.15, 0.2) is 0 Å². The number of rotatable bonds is 19. The Bertz CT molecular complexity index is 1010. The fraction of sp³-hybridized carbons (Fsp3) is 0.622. The molecule has 1 fully saturated rings. The van der Waals surface area contributed by atoms with Crippen molar-refractivity contribution in [1.29, 1.82) is 5.26 Å². The maximum Gasteiger partial charge on any atom is 0.314 e. The van der Waals surface area contributed by atoms with Crippen molar-refractivity contribution in [2.75, 3.05) is 0 Å². The summed E-state index contributed by atoms with van der Waals surface area (Å²) >= 11 is 0. The van der Waals surface area contributed by atoms with Crippen LogP contribution in [0.4, 0.5) is 0 Å². The molecule has 1 aliphatic rings. The minimum Gasteiger partial charge on any atom is -0.426 e. The molecular weight excluding hydrogens is 490 g/mol. The van der Waals surface area contributed by atoms with E-state index in [1.165, 1.54) is 101 Å². The van der Waals surface area contributed by atoms with Crippen molar-refractivity contribution in [3.63, 3.8) is 0 Å². The first-order valence-corrected chi connectivity index (χ1v) is 16.5. The molecule has 218 valence electrons. The highest BCUT2D eigenvalue weighted by Gasteiger charge is 2.24. The molecule has 0 heterocycles. The van der Waals surface area contributed by atoms with Crippen molar-refractivity contribution >= 4 is 5.97 Å². The number of aryl methyl sites for hydroxylation is 3. The van der Waals surface area contributed by atoms with Gasteiger partial charge >= 0.3 is 5.97 Å². The molecule has 0 unspecified atom stereocenters. The number of carbonyl (C=O) groups is 1. The molecule has 2 aromatic carbocycles. The van der Waals surface area contributed by atoms with E-state index in [1.807, 2.05) is 24.3 Å². The second-order valence-corrected chi connectivity index (χ2v) is 12.0. The maximum absolute atomic E-state index is 13.0. The molecule has 0 aliphatic heterocycles. The molecule has 3 nitrogen and oxygen atoms in total. The molecule has 2 aromatic rings. The van der Waals surface area contributed by atoms with E-state index in [-0.39, 0.29) is 11.9 Å². The van der Waals surface area contributed by atoms with Gasteiger partial charge in [-0.05, 0) is 73.4 Å². The van der Waals surface area contributed by atoms with Crippen LogP contribution >= 0.6 is 0 Å². The quantitative estimate of drug-likeness (QED) is 0.101. The van der Waals surface area contributed by atoms with Crippen molar-refractivity contribution in [3.05, 3.63) is 64.7 Å². The molecule has 1 saturated carbocycles. The van der Waals surface area contributed by atoms with E-state index in [0.717, 1.165) is 56.3 Å². The van der Waals surface area contributed by atoms with Gasteiger partial charge in [-0.3, -0.25) is 4.79 Å². The zero-order valence-electron chi connectivity index (χ0n) is 25.2. The molecule has 0 saturated heterocycles. The summed E-state index contributed by atoms with van der Waals surface area (Å²) in [4.78, 5) is 13.0. The van der Waals surface area contributed by atoms with Crippen LogP contribution in [0.2, 0.25) is 0 Å². The molecular formula is C37H53NO2. The molecule has 1 aliphatic carbocycles. The van der Waals surface area contributed by atoms with Gasteiger partial charge in [-0.25, -0.2) is 0 Å². The highest BCUT2D eigenvalue weighted by molar-refractivity contribution is 5.75. The number of hydrogen-bond donors (Lipinski definition) is 0. The molecule has 0 spiro atoms. The summed E-state index contributed by atoms with van der Waals surface area (Å²) in [5.41, 5.74) is 4.25. The van der Waals surface area contributed by atoms with Gasteiger partial charge in [0.25, 0.3) is 0 Å². The molecule has 0 radical (unpaired) electrons. The first kappa shape index (κ1) is 31.9. The Kier molecular flexibility index (Phi) is 15.5. The van der Waals surface area contributed by atoms with Crippen molar-refractivity contribution in [3.8, 4) is 11.8 Å². The lowest BCUT2D eigenvalue weighted by Gasteiger charge is -2.21. The number of esters is 1. The predicted octanol–water partition coefficient (Wildman–Crippen LogP) is 10.5. The number of benzene rings is 2. The van der Waals surface area contributed by atoms with Crippen LogP contribution in [-0.2, 0) is 24.1 Å². The third-order valence-corrected chi connectivity index (χ3v) is 8.62. The number of nitriles is 1. The van der Waals surface area contributed by atoms with E-state index in [4.69, 9.17) is 10.00 Å². The van der Waals surface area contributed by atoms with Gasteiger partial charge in [-0.15, -0.1) is 0 Å². The summed E-state index contributed by atoms with van der Waals surface area (Å²) < 4.78 is 6.09. The van der Waals surface area contributed by atoms with Crippen LogP contribution in [0.15, 0.2) is 42.5 Å². The van der Waals surface area contributed by atoms with Crippen LogP contribution in [0.3, 0.4) is 0 Å². The Labute approximate surface area is 244 Å². The van der Waals surface area contributed by atoms with Crippen molar-refractivity contribution in [2.24, 2.45) is 5.92 Å². The second kappa shape index (κ2) is 19.5. The first-order chi connectivity index (χ1) is 19.7. The summed E-state index contributed by atoms with van der Waals surface area (Å²) in [5.74, 6) is 0.763. The van der Waals surface area contributed by atoms with Gasteiger partial charge in [-0.1, -0.05) is 128 Å². The maximum atomic E-state index is 13.0. The van der Waals surface area contributed by atoms with E-state index in [2.05, 4.69) is 31.2 Å². The molecule has 0 bridgehead atoms. The van der Waals surface area contributed by atoms with Gasteiger partial charge < -0.3 is 4.74 Å². The summed E-state index contributed by atoms with van der Waals surface area (Å²) in [7, 11) is 0. The molecule has 0 atom stereocenters. The first-order valence-electron chi connectivity index (χ1n) is 16.5. The van der Waals surface area contributed by atoms with Crippen LogP contribution < -0.4 is 4.74 Å². The lowest BCUT2D eigenvalue weighted by Crippen LogP contribution is -2.23. The molecule has 3 rings (SSSR count). The number of hydrogen-bond acceptors (Lipinski definition) is 3. The number of unbranched alkanes of at least 4 members (excludes halogenated alkanes) is 12. The average molecular weight is 544 g/mol. The second-order valence-electron chi connectivity index (χ2n) is 12.0. The monoisotopic (exact) mass is 543 g/mol. The molecule has 0 N–H and O–H groups in total. The van der Waals surface area contributed by atoms with Crippen molar-refractivity contribution in [2.45, 2.75) is 142 Å². The topological polar surface area (TPSA) is 50.1 Å². The number of nitrogens with zero attached hydrogens (tertiary/aromatic N) is 1. The lowest BCUT2D eigenvalue weighted by atomic mass is 9.89. The zero-order valence-corrected chi connectivity index (χ0v) is 25.2. The average Bonchev–Trinajstić information content (AvgIpc) is 2.99. The molecule has 3 heteroatoms. The number of carbonyl (C=O) groups excluding carboxylic acids is 1. The zero-order chi connectivity index (χ0) is 28.3. The Morgan fingerprint density at radius 2 is 1.30 bits per heavy atom. The lowest BCUT2D eigenvalue weighted by molar-refractivity contribution is -0.140. The standard InChI is InChI=1S/C37H53NO2/c1-2-3-4-5-6-7-8-9-10-11-12-13-15-18-32-26-28-34(27-25-31-21-23-33(30-38)24-22-31)36(29-32)40-37(39)35-19-16-14-17-20-35/h21-24,26,28-29,35H,2-20,25,27H2,1H3. The Morgan fingerprint density at radius 1 is 0.725 bits per heavy atom. The Morgan fingerprint density at radius 3 is 1.90 bits per heavy atom. The normalized spacial score (nSPS) is 13.7. The predicted molar refractivity (Wildman–Crippen MR) is 167 cm³/mol. The van der Waals surface area contributed by atoms with E-state index < -0.39 is 0 Å². The van der Waals surface area contributed by atoms with Crippen LogP contribution in [0, 0.1) is 17.2 Å². The van der Waals surface area contributed by atoms with Crippen molar-refractivity contribution in [1.82, 2.24) is 0 Å². The van der Waals surface area contributed by atoms with Gasteiger partial charge in [-0.2, -0.15) is 5.26 Å². The SMILES string of the molecule is CCCCCCCCCCCCCCCc1ccc(CCc2ccc(C#N)cc2)c(OC(=O)C2CCCCC2)c1. The van der Waals surface area contributed by atoms with E-state index >= 15 is 0 Å².